The van der Waals surface area contributed by atoms with Gasteiger partial charge in [0.05, 0.1) is 0 Å². The Kier molecular flexibility index (Phi) is 7.38. The van der Waals surface area contributed by atoms with Crippen molar-refractivity contribution in [3.63, 3.8) is 0 Å². The highest BCUT2D eigenvalue weighted by Gasteiger charge is 2.18. The van der Waals surface area contributed by atoms with E-state index in [0.717, 1.165) is 0 Å². The summed E-state index contributed by atoms with van der Waals surface area (Å²) >= 11 is 0. The maximum absolute atomic E-state index is 12.3. The zero-order valence-corrected chi connectivity index (χ0v) is 14.8. The minimum atomic E-state index is -0.637. The van der Waals surface area contributed by atoms with Crippen molar-refractivity contribution in [1.82, 2.24) is 10.6 Å². The predicted molar refractivity (Wildman–Crippen MR) is 94.0 cm³/mol. The van der Waals surface area contributed by atoms with E-state index in [-0.39, 0.29) is 18.0 Å². The molecule has 0 unspecified atom stereocenters. The number of amides is 3. The zero-order chi connectivity index (χ0) is 19.0. The lowest BCUT2D eigenvalue weighted by molar-refractivity contribution is 0.0522. The minimum absolute atomic E-state index is 0.0235. The van der Waals surface area contributed by atoms with Crippen LogP contribution in [0.25, 0.3) is 0 Å². The molecule has 3 amide bonds. The van der Waals surface area contributed by atoms with Crippen LogP contribution in [0.1, 0.15) is 53.5 Å². The van der Waals surface area contributed by atoms with E-state index in [1.54, 1.807) is 20.8 Å². The summed E-state index contributed by atoms with van der Waals surface area (Å²) in [4.78, 5) is 35.5. The van der Waals surface area contributed by atoms with E-state index < -0.39 is 17.6 Å². The Balaban J connectivity index is 2.92. The standard InChI is InChI=1S/C17H26N4O4/c1-17(2,3)25-16(24)21-10-12-9-11(14(19)22)5-6-13(12)15(23)20-8-4-7-18/h5-6,9H,4,7-8,10,18H2,1-3H3,(H2,19,22)(H,20,23)(H,21,24). The summed E-state index contributed by atoms with van der Waals surface area (Å²) in [5, 5.41) is 5.31. The summed E-state index contributed by atoms with van der Waals surface area (Å²) in [5.41, 5.74) is 11.1. The number of nitrogens with two attached hydrogens (primary N) is 2. The number of hydrogen-bond acceptors (Lipinski definition) is 5. The summed E-state index contributed by atoms with van der Waals surface area (Å²) in [6.45, 7) is 6.17. The van der Waals surface area contributed by atoms with Crippen molar-refractivity contribution in [3.8, 4) is 0 Å². The van der Waals surface area contributed by atoms with Crippen molar-refractivity contribution in [1.29, 1.82) is 0 Å². The van der Waals surface area contributed by atoms with Crippen molar-refractivity contribution >= 4 is 17.9 Å². The molecule has 138 valence electrons. The Bertz CT molecular complexity index is 638. The van der Waals surface area contributed by atoms with Crippen molar-refractivity contribution in [2.24, 2.45) is 11.5 Å². The van der Waals surface area contributed by atoms with Gasteiger partial charge in [-0.25, -0.2) is 4.79 Å². The number of benzene rings is 1. The molecule has 8 nitrogen and oxygen atoms in total. The van der Waals surface area contributed by atoms with Gasteiger partial charge in [0.15, 0.2) is 0 Å². The third-order valence-electron chi connectivity index (χ3n) is 3.12. The number of carbonyl (C=O) groups excluding carboxylic acids is 3. The molecule has 0 radical (unpaired) electrons. The first kappa shape index (κ1) is 20.4. The van der Waals surface area contributed by atoms with E-state index in [1.807, 2.05) is 0 Å². The van der Waals surface area contributed by atoms with E-state index in [2.05, 4.69) is 10.6 Å². The molecule has 0 bridgehead atoms. The number of ether oxygens (including phenoxy) is 1. The fourth-order valence-corrected chi connectivity index (χ4v) is 2.00. The molecule has 6 N–H and O–H groups in total. The molecule has 0 fully saturated rings. The monoisotopic (exact) mass is 350 g/mol. The van der Waals surface area contributed by atoms with Gasteiger partial charge < -0.3 is 26.8 Å². The topological polar surface area (TPSA) is 137 Å². The minimum Gasteiger partial charge on any atom is -0.444 e. The normalized spacial score (nSPS) is 10.9. The second-order valence-electron chi connectivity index (χ2n) is 6.49. The quantitative estimate of drug-likeness (QED) is 0.541. The molecule has 0 spiro atoms. The zero-order valence-electron chi connectivity index (χ0n) is 14.8. The predicted octanol–water partition coefficient (Wildman–Crippen LogP) is 0.889. The van der Waals surface area contributed by atoms with E-state index in [9.17, 15) is 14.4 Å². The summed E-state index contributed by atoms with van der Waals surface area (Å²) < 4.78 is 5.16. The van der Waals surface area contributed by atoms with E-state index in [0.29, 0.717) is 30.6 Å². The van der Waals surface area contributed by atoms with Crippen molar-refractivity contribution in [2.75, 3.05) is 13.1 Å². The highest BCUT2D eigenvalue weighted by Crippen LogP contribution is 2.13. The SMILES string of the molecule is CC(C)(C)OC(=O)NCc1cc(C(N)=O)ccc1C(=O)NCCCN. The summed E-state index contributed by atoms with van der Waals surface area (Å²) in [7, 11) is 0. The van der Waals surface area contributed by atoms with Crippen LogP contribution in [0.15, 0.2) is 18.2 Å². The fraction of sp³-hybridized carbons (Fsp3) is 0.471. The van der Waals surface area contributed by atoms with E-state index >= 15 is 0 Å². The van der Waals surface area contributed by atoms with Crippen LogP contribution in [0, 0.1) is 0 Å². The van der Waals surface area contributed by atoms with Gasteiger partial charge in [-0.1, -0.05) is 0 Å². The lowest BCUT2D eigenvalue weighted by Crippen LogP contribution is -2.33. The maximum atomic E-state index is 12.3. The lowest BCUT2D eigenvalue weighted by Gasteiger charge is -2.20. The number of carbonyl (C=O) groups is 3. The number of rotatable bonds is 7. The molecule has 8 heteroatoms. The summed E-state index contributed by atoms with van der Waals surface area (Å²) in [6.07, 6.45) is 0.0304. The molecule has 25 heavy (non-hydrogen) atoms. The molecule has 1 aromatic rings. The first-order valence-corrected chi connectivity index (χ1v) is 8.02. The Morgan fingerprint density at radius 3 is 2.40 bits per heavy atom. The van der Waals surface area contributed by atoms with Gasteiger partial charge in [0.2, 0.25) is 5.91 Å². The molecule has 0 aliphatic heterocycles. The highest BCUT2D eigenvalue weighted by molar-refractivity contribution is 5.98. The van der Waals surface area contributed by atoms with E-state index in [4.69, 9.17) is 16.2 Å². The van der Waals surface area contributed by atoms with E-state index in [1.165, 1.54) is 18.2 Å². The Morgan fingerprint density at radius 1 is 1.16 bits per heavy atom. The van der Waals surface area contributed by atoms with Crippen LogP contribution in [0.5, 0.6) is 0 Å². The van der Waals surface area contributed by atoms with Crippen LogP contribution in [0.2, 0.25) is 0 Å². The smallest absolute Gasteiger partial charge is 0.407 e. The molecule has 0 aliphatic rings. The molecule has 0 atom stereocenters. The van der Waals surface area contributed by atoms with Crippen LogP contribution in [0.4, 0.5) is 4.79 Å². The third kappa shape index (κ3) is 7.21. The third-order valence-corrected chi connectivity index (χ3v) is 3.12. The van der Waals surface area contributed by atoms with Gasteiger partial charge in [-0.3, -0.25) is 9.59 Å². The largest absolute Gasteiger partial charge is 0.444 e. The van der Waals surface area contributed by atoms with Crippen molar-refractivity contribution < 1.29 is 19.1 Å². The average Bonchev–Trinajstić information content (AvgIpc) is 2.51. The molecular formula is C17H26N4O4. The Morgan fingerprint density at radius 2 is 1.84 bits per heavy atom. The lowest BCUT2D eigenvalue weighted by atomic mass is 10.0. The van der Waals surface area contributed by atoms with Gasteiger partial charge in [-0.2, -0.15) is 0 Å². The number of hydrogen-bond donors (Lipinski definition) is 4. The molecule has 0 heterocycles. The van der Waals surface area contributed by atoms with Crippen molar-refractivity contribution in [3.05, 3.63) is 34.9 Å². The van der Waals surface area contributed by atoms with Crippen LogP contribution in [0.3, 0.4) is 0 Å². The number of primary amides is 1. The molecule has 0 aliphatic carbocycles. The number of nitrogens with one attached hydrogen (secondary N) is 2. The maximum Gasteiger partial charge on any atom is 0.407 e. The Labute approximate surface area is 147 Å². The first-order chi connectivity index (χ1) is 11.6. The molecular weight excluding hydrogens is 324 g/mol. The summed E-state index contributed by atoms with van der Waals surface area (Å²) in [5.74, 6) is -0.931. The molecule has 0 saturated carbocycles. The van der Waals surface area contributed by atoms with Gasteiger partial charge in [0, 0.05) is 24.2 Å². The van der Waals surface area contributed by atoms with Crippen LogP contribution >= 0.6 is 0 Å². The second kappa shape index (κ2) is 9.03. The molecule has 0 aromatic heterocycles. The highest BCUT2D eigenvalue weighted by atomic mass is 16.6. The first-order valence-electron chi connectivity index (χ1n) is 8.02. The number of alkyl carbamates (subject to hydrolysis) is 1. The van der Waals surface area contributed by atoms with Crippen molar-refractivity contribution in [2.45, 2.75) is 39.3 Å². The Hall–Kier alpha value is -2.61. The molecule has 1 aromatic carbocycles. The molecule has 1 rings (SSSR count). The van der Waals surface area contributed by atoms with Crippen LogP contribution in [-0.2, 0) is 11.3 Å². The fourth-order valence-electron chi connectivity index (χ4n) is 2.00. The van der Waals surface area contributed by atoms with Gasteiger partial charge in [-0.15, -0.1) is 0 Å². The van der Waals surface area contributed by atoms with Crippen LogP contribution in [-0.4, -0.2) is 36.6 Å². The van der Waals surface area contributed by atoms with Gasteiger partial charge in [0.1, 0.15) is 5.60 Å². The van der Waals surface area contributed by atoms with Gasteiger partial charge >= 0.3 is 6.09 Å². The molecule has 0 saturated heterocycles. The van der Waals surface area contributed by atoms with Gasteiger partial charge in [-0.05, 0) is 57.5 Å². The van der Waals surface area contributed by atoms with Gasteiger partial charge in [0.25, 0.3) is 5.91 Å². The second-order valence-corrected chi connectivity index (χ2v) is 6.49. The average molecular weight is 350 g/mol. The summed E-state index contributed by atoms with van der Waals surface area (Å²) in [6, 6.07) is 4.46. The van der Waals surface area contributed by atoms with Crippen LogP contribution < -0.4 is 22.1 Å².